The average Bonchev–Trinajstić information content (AvgIpc) is 2.79. The van der Waals surface area contributed by atoms with Crippen molar-refractivity contribution in [2.45, 2.75) is 0 Å². The molecular formula is C23H24N2O7. The van der Waals surface area contributed by atoms with Gasteiger partial charge in [-0.1, -0.05) is 0 Å². The number of methoxy groups -OCH3 is 2. The van der Waals surface area contributed by atoms with Gasteiger partial charge in [0.15, 0.2) is 16.9 Å². The molecule has 32 heavy (non-hydrogen) atoms. The predicted octanol–water partition coefficient (Wildman–Crippen LogP) is 2.93. The zero-order valence-corrected chi connectivity index (χ0v) is 18.1. The standard InChI is InChI=1S/C23H24N2O7/c1-24-8-10-25(11-9-24)23(28)31-15-6-4-14(5-7-15)17-12-16(26)20-18(32-17)13-19(29-2)22(30-3)21(20)27/h4-7,12-13,27H,8-11H2,1-3H3. The van der Waals surface area contributed by atoms with Crippen molar-refractivity contribution in [3.05, 3.63) is 46.6 Å². The lowest BCUT2D eigenvalue weighted by Crippen LogP contribution is -2.48. The second-order valence-corrected chi connectivity index (χ2v) is 7.49. The van der Waals surface area contributed by atoms with Crippen LogP contribution in [0.25, 0.3) is 22.3 Å². The number of aromatic hydroxyl groups is 1. The van der Waals surface area contributed by atoms with E-state index < -0.39 is 5.43 Å². The van der Waals surface area contributed by atoms with Crippen LogP contribution in [-0.4, -0.2) is 68.4 Å². The van der Waals surface area contributed by atoms with Crippen molar-refractivity contribution < 1.29 is 28.5 Å². The van der Waals surface area contributed by atoms with Gasteiger partial charge in [-0.2, -0.15) is 0 Å². The van der Waals surface area contributed by atoms with E-state index in [1.54, 1.807) is 29.2 Å². The molecule has 0 bridgehead atoms. The monoisotopic (exact) mass is 440 g/mol. The van der Waals surface area contributed by atoms with E-state index in [0.717, 1.165) is 13.1 Å². The van der Waals surface area contributed by atoms with Crippen molar-refractivity contribution in [1.29, 1.82) is 0 Å². The summed E-state index contributed by atoms with van der Waals surface area (Å²) in [5.41, 5.74) is 0.344. The number of fused-ring (bicyclic) bond motifs is 1. The van der Waals surface area contributed by atoms with E-state index in [9.17, 15) is 14.7 Å². The molecule has 1 aliphatic rings. The maximum Gasteiger partial charge on any atom is 0.415 e. The molecule has 1 fully saturated rings. The number of phenolic OH excluding ortho intramolecular Hbond substituents is 1. The molecule has 2 heterocycles. The van der Waals surface area contributed by atoms with Gasteiger partial charge < -0.3 is 33.5 Å². The molecule has 0 unspecified atom stereocenters. The van der Waals surface area contributed by atoms with E-state index in [-0.39, 0.29) is 34.3 Å². The summed E-state index contributed by atoms with van der Waals surface area (Å²) in [6.45, 7) is 2.86. The Morgan fingerprint density at radius 2 is 1.72 bits per heavy atom. The fourth-order valence-corrected chi connectivity index (χ4v) is 3.59. The Morgan fingerprint density at radius 1 is 1.03 bits per heavy atom. The number of hydrogen-bond donors (Lipinski definition) is 1. The van der Waals surface area contributed by atoms with E-state index in [2.05, 4.69) is 4.90 Å². The first-order valence-electron chi connectivity index (χ1n) is 10.1. The van der Waals surface area contributed by atoms with Crippen LogP contribution in [0.5, 0.6) is 23.0 Å². The fraction of sp³-hybridized carbons (Fsp3) is 0.304. The molecule has 0 spiro atoms. The van der Waals surface area contributed by atoms with E-state index in [4.69, 9.17) is 18.6 Å². The molecule has 0 radical (unpaired) electrons. The van der Waals surface area contributed by atoms with E-state index in [1.165, 1.54) is 26.4 Å². The summed E-state index contributed by atoms with van der Waals surface area (Å²) in [5, 5.41) is 10.4. The van der Waals surface area contributed by atoms with Crippen LogP contribution in [0.4, 0.5) is 4.79 Å². The van der Waals surface area contributed by atoms with Gasteiger partial charge >= 0.3 is 6.09 Å². The van der Waals surface area contributed by atoms with Gasteiger partial charge in [-0.3, -0.25) is 4.79 Å². The minimum atomic E-state index is -0.426. The lowest BCUT2D eigenvalue weighted by molar-refractivity contribution is 0.120. The van der Waals surface area contributed by atoms with Gasteiger partial charge in [0.25, 0.3) is 0 Å². The second-order valence-electron chi connectivity index (χ2n) is 7.49. The number of amides is 1. The van der Waals surface area contributed by atoms with Gasteiger partial charge in [0.2, 0.25) is 5.75 Å². The highest BCUT2D eigenvalue weighted by Crippen LogP contribution is 2.42. The average molecular weight is 440 g/mol. The first-order valence-corrected chi connectivity index (χ1v) is 10.1. The predicted molar refractivity (Wildman–Crippen MR) is 118 cm³/mol. The zero-order valence-electron chi connectivity index (χ0n) is 18.1. The topological polar surface area (TPSA) is 102 Å². The molecule has 9 heteroatoms. The Balaban J connectivity index is 1.59. The van der Waals surface area contributed by atoms with Crippen LogP contribution < -0.4 is 19.6 Å². The molecule has 1 aromatic heterocycles. The maximum absolute atomic E-state index is 12.7. The quantitative estimate of drug-likeness (QED) is 0.661. The van der Waals surface area contributed by atoms with Gasteiger partial charge in [-0.05, 0) is 31.3 Å². The van der Waals surface area contributed by atoms with Crippen molar-refractivity contribution in [1.82, 2.24) is 9.80 Å². The van der Waals surface area contributed by atoms with Crippen LogP contribution in [-0.2, 0) is 0 Å². The number of piperazine rings is 1. The minimum absolute atomic E-state index is 0.00382. The van der Waals surface area contributed by atoms with Crippen molar-refractivity contribution in [3.63, 3.8) is 0 Å². The van der Waals surface area contributed by atoms with E-state index in [1.807, 2.05) is 7.05 Å². The highest BCUT2D eigenvalue weighted by atomic mass is 16.6. The molecule has 0 atom stereocenters. The molecule has 3 aromatic rings. The highest BCUT2D eigenvalue weighted by molar-refractivity contribution is 5.89. The maximum atomic E-state index is 12.7. The first kappa shape index (κ1) is 21.5. The number of hydrogen-bond acceptors (Lipinski definition) is 8. The number of rotatable bonds is 4. The first-order chi connectivity index (χ1) is 15.4. The van der Waals surface area contributed by atoms with E-state index >= 15 is 0 Å². The normalized spacial score (nSPS) is 14.4. The molecule has 1 amide bonds. The number of likely N-dealkylation sites (N-methyl/N-ethyl adjacent to an activating group) is 1. The van der Waals surface area contributed by atoms with Gasteiger partial charge in [0.05, 0.1) is 14.2 Å². The van der Waals surface area contributed by atoms with E-state index in [0.29, 0.717) is 30.2 Å². The molecule has 0 aliphatic carbocycles. The number of carbonyl (C=O) groups excluding carboxylic acids is 1. The van der Waals surface area contributed by atoms with Gasteiger partial charge in [-0.25, -0.2) is 4.79 Å². The van der Waals surface area contributed by atoms with Crippen molar-refractivity contribution in [3.8, 4) is 34.3 Å². The lowest BCUT2D eigenvalue weighted by Gasteiger charge is -2.31. The van der Waals surface area contributed by atoms with Crippen LogP contribution >= 0.6 is 0 Å². The van der Waals surface area contributed by atoms with Crippen LogP contribution in [0.2, 0.25) is 0 Å². The molecule has 1 saturated heterocycles. The molecule has 1 aliphatic heterocycles. The Kier molecular flexibility index (Phi) is 5.91. The summed E-state index contributed by atoms with van der Waals surface area (Å²) in [6, 6.07) is 9.44. The summed E-state index contributed by atoms with van der Waals surface area (Å²) < 4.78 is 21.7. The Labute approximate surface area is 184 Å². The van der Waals surface area contributed by atoms with Crippen molar-refractivity contribution in [2.24, 2.45) is 0 Å². The molecule has 4 rings (SSSR count). The van der Waals surface area contributed by atoms with Crippen LogP contribution in [0.15, 0.2) is 45.6 Å². The molecular weight excluding hydrogens is 416 g/mol. The largest absolute Gasteiger partial charge is 0.504 e. The Morgan fingerprint density at radius 3 is 2.34 bits per heavy atom. The highest BCUT2D eigenvalue weighted by Gasteiger charge is 2.21. The summed E-state index contributed by atoms with van der Waals surface area (Å²) in [4.78, 5) is 28.8. The third-order valence-electron chi connectivity index (χ3n) is 5.44. The van der Waals surface area contributed by atoms with Crippen molar-refractivity contribution in [2.75, 3.05) is 47.4 Å². The lowest BCUT2D eigenvalue weighted by atomic mass is 10.1. The molecule has 2 aromatic carbocycles. The second kappa shape index (κ2) is 8.80. The van der Waals surface area contributed by atoms with Gasteiger partial charge in [0, 0.05) is 43.9 Å². The zero-order chi connectivity index (χ0) is 22.8. The molecule has 1 N–H and O–H groups in total. The number of phenols is 1. The smallest absolute Gasteiger partial charge is 0.415 e. The van der Waals surface area contributed by atoms with Gasteiger partial charge in [-0.15, -0.1) is 0 Å². The van der Waals surface area contributed by atoms with Crippen LogP contribution in [0, 0.1) is 0 Å². The minimum Gasteiger partial charge on any atom is -0.504 e. The van der Waals surface area contributed by atoms with Gasteiger partial charge in [0.1, 0.15) is 22.5 Å². The molecule has 9 nitrogen and oxygen atoms in total. The summed E-state index contributed by atoms with van der Waals surface area (Å²) in [7, 11) is 4.81. The van der Waals surface area contributed by atoms with Crippen molar-refractivity contribution >= 4 is 17.1 Å². The Hall–Kier alpha value is -3.72. The third kappa shape index (κ3) is 4.06. The number of benzene rings is 2. The Bertz CT molecular complexity index is 1200. The van der Waals surface area contributed by atoms with Crippen LogP contribution in [0.3, 0.4) is 0 Å². The van der Waals surface area contributed by atoms with Crippen LogP contribution in [0.1, 0.15) is 0 Å². The molecule has 168 valence electrons. The number of carbonyl (C=O) groups is 1. The summed E-state index contributed by atoms with van der Waals surface area (Å²) in [5.74, 6) is 0.653. The third-order valence-corrected chi connectivity index (χ3v) is 5.44. The SMILES string of the molecule is COc1cc2oc(-c3ccc(OC(=O)N4CCN(C)CC4)cc3)cc(=O)c2c(O)c1OC. The number of ether oxygens (including phenoxy) is 3. The summed E-state index contributed by atoms with van der Waals surface area (Å²) in [6.07, 6.45) is -0.389. The fourth-order valence-electron chi connectivity index (χ4n) is 3.59. The summed E-state index contributed by atoms with van der Waals surface area (Å²) >= 11 is 0. The number of nitrogens with zero attached hydrogens (tertiary/aromatic N) is 2. The molecule has 0 saturated carbocycles.